The van der Waals surface area contributed by atoms with Gasteiger partial charge in [-0.1, -0.05) is 11.6 Å². The molecule has 7 heteroatoms. The molecule has 1 saturated carbocycles. The number of amides is 1. The number of hydrogen-bond acceptors (Lipinski definition) is 5. The molecule has 2 heterocycles. The maximum Gasteiger partial charge on any atom is 0.272 e. The SMILES string of the molecule is Cc1noc(C(C)N(C)C(=O)c2c(C3CCC3)cnn2C)n1. The average molecular weight is 303 g/mol. The summed E-state index contributed by atoms with van der Waals surface area (Å²) in [5.74, 6) is 1.41. The topological polar surface area (TPSA) is 77.0 Å². The Morgan fingerprint density at radius 1 is 1.50 bits per heavy atom. The van der Waals surface area contributed by atoms with E-state index in [4.69, 9.17) is 4.52 Å². The van der Waals surface area contributed by atoms with Gasteiger partial charge >= 0.3 is 0 Å². The number of aromatic nitrogens is 4. The number of rotatable bonds is 4. The van der Waals surface area contributed by atoms with Gasteiger partial charge in [0.2, 0.25) is 5.89 Å². The van der Waals surface area contributed by atoms with E-state index in [0.717, 1.165) is 18.4 Å². The smallest absolute Gasteiger partial charge is 0.272 e. The Labute approximate surface area is 129 Å². The van der Waals surface area contributed by atoms with E-state index in [2.05, 4.69) is 15.2 Å². The molecule has 1 amide bonds. The van der Waals surface area contributed by atoms with Crippen LogP contribution in [0.15, 0.2) is 10.7 Å². The first kappa shape index (κ1) is 14.7. The Hall–Kier alpha value is -2.18. The Kier molecular flexibility index (Phi) is 3.72. The highest BCUT2D eigenvalue weighted by atomic mass is 16.5. The first-order valence-electron chi connectivity index (χ1n) is 7.58. The molecule has 0 saturated heterocycles. The molecule has 0 radical (unpaired) electrons. The molecular formula is C15H21N5O2. The van der Waals surface area contributed by atoms with Crippen LogP contribution < -0.4 is 0 Å². The number of hydrogen-bond donors (Lipinski definition) is 0. The zero-order valence-electron chi connectivity index (χ0n) is 13.4. The lowest BCUT2D eigenvalue weighted by atomic mass is 9.80. The summed E-state index contributed by atoms with van der Waals surface area (Å²) >= 11 is 0. The first-order valence-corrected chi connectivity index (χ1v) is 7.58. The van der Waals surface area contributed by atoms with Crippen LogP contribution in [0, 0.1) is 6.92 Å². The maximum absolute atomic E-state index is 12.9. The van der Waals surface area contributed by atoms with Crippen LogP contribution in [0.4, 0.5) is 0 Å². The number of aryl methyl sites for hydroxylation is 2. The molecule has 0 aromatic carbocycles. The minimum Gasteiger partial charge on any atom is -0.337 e. The second kappa shape index (κ2) is 5.55. The van der Waals surface area contributed by atoms with Gasteiger partial charge < -0.3 is 9.42 Å². The summed E-state index contributed by atoms with van der Waals surface area (Å²) in [4.78, 5) is 18.7. The molecule has 3 rings (SSSR count). The molecular weight excluding hydrogens is 282 g/mol. The van der Waals surface area contributed by atoms with Gasteiger partial charge in [-0.25, -0.2) is 0 Å². The van der Waals surface area contributed by atoms with Gasteiger partial charge in [-0.15, -0.1) is 0 Å². The minimum atomic E-state index is -0.280. The van der Waals surface area contributed by atoms with E-state index in [0.29, 0.717) is 23.3 Å². The second-order valence-corrected chi connectivity index (χ2v) is 5.97. The van der Waals surface area contributed by atoms with Gasteiger partial charge in [0, 0.05) is 19.7 Å². The van der Waals surface area contributed by atoms with Crippen LogP contribution in [-0.4, -0.2) is 37.8 Å². The lowest BCUT2D eigenvalue weighted by Gasteiger charge is -2.27. The first-order chi connectivity index (χ1) is 10.5. The zero-order valence-corrected chi connectivity index (χ0v) is 13.4. The van der Waals surface area contributed by atoms with Crippen molar-refractivity contribution in [1.82, 2.24) is 24.8 Å². The lowest BCUT2D eigenvalue weighted by molar-refractivity contribution is 0.0702. The van der Waals surface area contributed by atoms with Crippen LogP contribution in [0.3, 0.4) is 0 Å². The average Bonchev–Trinajstić information content (AvgIpc) is 3.01. The summed E-state index contributed by atoms with van der Waals surface area (Å²) in [5.41, 5.74) is 1.72. The summed E-state index contributed by atoms with van der Waals surface area (Å²) in [6, 6.07) is -0.280. The molecule has 0 spiro atoms. The van der Waals surface area contributed by atoms with Gasteiger partial charge in [0.25, 0.3) is 5.91 Å². The van der Waals surface area contributed by atoms with Crippen molar-refractivity contribution in [3.05, 3.63) is 29.2 Å². The van der Waals surface area contributed by atoms with E-state index in [1.807, 2.05) is 20.2 Å². The zero-order chi connectivity index (χ0) is 15.9. The van der Waals surface area contributed by atoms with Gasteiger partial charge in [0.1, 0.15) is 11.7 Å². The van der Waals surface area contributed by atoms with Gasteiger partial charge in [0.15, 0.2) is 5.82 Å². The summed E-state index contributed by atoms with van der Waals surface area (Å²) < 4.78 is 6.84. The van der Waals surface area contributed by atoms with E-state index in [1.165, 1.54) is 6.42 Å². The lowest BCUT2D eigenvalue weighted by Crippen LogP contribution is -2.32. The van der Waals surface area contributed by atoms with Crippen LogP contribution >= 0.6 is 0 Å². The molecule has 7 nitrogen and oxygen atoms in total. The van der Waals surface area contributed by atoms with Crippen molar-refractivity contribution in [3.63, 3.8) is 0 Å². The fraction of sp³-hybridized carbons (Fsp3) is 0.600. The quantitative estimate of drug-likeness (QED) is 0.865. The van der Waals surface area contributed by atoms with Gasteiger partial charge in [-0.05, 0) is 32.6 Å². The third-order valence-electron chi connectivity index (χ3n) is 4.52. The van der Waals surface area contributed by atoms with Crippen molar-refractivity contribution >= 4 is 5.91 Å². The van der Waals surface area contributed by atoms with Crippen LogP contribution in [0.1, 0.15) is 65.9 Å². The monoisotopic (exact) mass is 303 g/mol. The molecule has 1 atom stereocenters. The van der Waals surface area contributed by atoms with Crippen molar-refractivity contribution in [2.75, 3.05) is 7.05 Å². The van der Waals surface area contributed by atoms with Crippen LogP contribution in [0.5, 0.6) is 0 Å². The van der Waals surface area contributed by atoms with Crippen molar-refractivity contribution in [2.45, 2.75) is 45.1 Å². The van der Waals surface area contributed by atoms with Crippen LogP contribution in [0.2, 0.25) is 0 Å². The highest BCUT2D eigenvalue weighted by Gasteiger charge is 2.31. The maximum atomic E-state index is 12.9. The van der Waals surface area contributed by atoms with E-state index in [-0.39, 0.29) is 11.9 Å². The van der Waals surface area contributed by atoms with Gasteiger partial charge in [-0.2, -0.15) is 10.1 Å². The highest BCUT2D eigenvalue weighted by molar-refractivity contribution is 5.94. The fourth-order valence-corrected chi connectivity index (χ4v) is 2.73. The van der Waals surface area contributed by atoms with Crippen molar-refractivity contribution in [3.8, 4) is 0 Å². The molecule has 1 aliphatic rings. The predicted octanol–water partition coefficient (Wildman–Crippen LogP) is 2.21. The Morgan fingerprint density at radius 2 is 2.23 bits per heavy atom. The number of carbonyl (C=O) groups is 1. The van der Waals surface area contributed by atoms with E-state index >= 15 is 0 Å². The molecule has 0 aliphatic heterocycles. The summed E-state index contributed by atoms with van der Waals surface area (Å²) in [7, 11) is 3.56. The molecule has 118 valence electrons. The molecule has 2 aromatic heterocycles. The Bertz CT molecular complexity index is 686. The molecule has 1 aliphatic carbocycles. The summed E-state index contributed by atoms with van der Waals surface area (Å²) in [6.07, 6.45) is 5.31. The van der Waals surface area contributed by atoms with E-state index in [1.54, 1.807) is 23.6 Å². The molecule has 0 bridgehead atoms. The molecule has 0 N–H and O–H groups in total. The Morgan fingerprint density at radius 3 is 2.77 bits per heavy atom. The number of nitrogens with zero attached hydrogens (tertiary/aromatic N) is 5. The minimum absolute atomic E-state index is 0.0646. The molecule has 1 unspecified atom stereocenters. The van der Waals surface area contributed by atoms with Crippen molar-refractivity contribution in [2.24, 2.45) is 7.05 Å². The van der Waals surface area contributed by atoms with E-state index in [9.17, 15) is 4.79 Å². The molecule has 22 heavy (non-hydrogen) atoms. The molecule has 1 fully saturated rings. The number of carbonyl (C=O) groups excluding carboxylic acids is 1. The highest BCUT2D eigenvalue weighted by Crippen LogP contribution is 2.38. The fourth-order valence-electron chi connectivity index (χ4n) is 2.73. The van der Waals surface area contributed by atoms with Crippen molar-refractivity contribution in [1.29, 1.82) is 0 Å². The van der Waals surface area contributed by atoms with Crippen LogP contribution in [0.25, 0.3) is 0 Å². The third-order valence-corrected chi connectivity index (χ3v) is 4.52. The van der Waals surface area contributed by atoms with Crippen LogP contribution in [-0.2, 0) is 7.05 Å². The van der Waals surface area contributed by atoms with Gasteiger partial charge in [-0.3, -0.25) is 9.48 Å². The third kappa shape index (κ3) is 2.40. The van der Waals surface area contributed by atoms with Gasteiger partial charge in [0.05, 0.1) is 6.20 Å². The molecule has 2 aromatic rings. The normalized spacial score (nSPS) is 16.4. The van der Waals surface area contributed by atoms with E-state index < -0.39 is 0 Å². The second-order valence-electron chi connectivity index (χ2n) is 5.97. The summed E-state index contributed by atoms with van der Waals surface area (Å²) in [6.45, 7) is 3.64. The summed E-state index contributed by atoms with van der Waals surface area (Å²) in [5, 5.41) is 8.06. The Balaban J connectivity index is 1.85. The van der Waals surface area contributed by atoms with Crippen molar-refractivity contribution < 1.29 is 9.32 Å². The largest absolute Gasteiger partial charge is 0.337 e. The predicted molar refractivity (Wildman–Crippen MR) is 79.3 cm³/mol. The standard InChI is InChI=1S/C15H21N5O2/c1-9(14-17-10(2)18-22-14)19(3)15(21)13-12(8-16-20(13)4)11-6-5-7-11/h8-9,11H,5-7H2,1-4H3.